The molecule has 3 aromatic rings. The van der Waals surface area contributed by atoms with Crippen LogP contribution in [0.5, 0.6) is 5.88 Å². The van der Waals surface area contributed by atoms with Gasteiger partial charge in [-0.25, -0.2) is 15.4 Å². The molecule has 2 atom stereocenters. The van der Waals surface area contributed by atoms with Gasteiger partial charge in [-0.3, -0.25) is 14.9 Å². The first-order valence-corrected chi connectivity index (χ1v) is 15.0. The number of ether oxygens (including phenoxy) is 1. The maximum atomic E-state index is 5.56. The Bertz CT molecular complexity index is 1600. The molecule has 2 unspecified atom stereocenters. The number of dihydropyridines is 1. The molecule has 0 spiro atoms. The highest BCUT2D eigenvalue weighted by Gasteiger charge is 2.30. The number of rotatable bonds is 7. The summed E-state index contributed by atoms with van der Waals surface area (Å²) in [5, 5.41) is 0.937. The number of amidine groups is 1. The number of allylic oxidation sites excluding steroid dienone is 2. The molecule has 1 fully saturated rings. The van der Waals surface area contributed by atoms with E-state index in [0.29, 0.717) is 11.8 Å². The topological polar surface area (TPSA) is 87.0 Å². The number of likely N-dealkylation sites (tertiary alicyclic amines) is 1. The van der Waals surface area contributed by atoms with E-state index in [1.807, 2.05) is 12.1 Å². The zero-order valence-electron chi connectivity index (χ0n) is 24.0. The van der Waals surface area contributed by atoms with Crippen molar-refractivity contribution in [2.45, 2.75) is 37.8 Å². The van der Waals surface area contributed by atoms with Crippen LogP contribution in [0.1, 0.15) is 37.3 Å². The highest BCUT2D eigenvalue weighted by molar-refractivity contribution is 6.46. The predicted molar refractivity (Wildman–Crippen MR) is 169 cm³/mol. The maximum absolute atomic E-state index is 5.56. The molecule has 0 amide bonds. The molecule has 5 heterocycles. The Morgan fingerprint density at radius 3 is 2.71 bits per heavy atom. The Morgan fingerprint density at radius 2 is 1.95 bits per heavy atom. The Labute approximate surface area is 247 Å². The molecule has 0 bridgehead atoms. The molecule has 4 aliphatic rings. The minimum absolute atomic E-state index is 0.124. The summed E-state index contributed by atoms with van der Waals surface area (Å²) in [5.41, 5.74) is 13.3. The highest BCUT2D eigenvalue weighted by Crippen LogP contribution is 2.37. The van der Waals surface area contributed by atoms with Gasteiger partial charge in [0.1, 0.15) is 11.9 Å². The number of nitrogens with one attached hydrogen (secondary N) is 2. The fourth-order valence-corrected chi connectivity index (χ4v) is 6.41. The number of aliphatic imine (C=N–C) groups is 2. The summed E-state index contributed by atoms with van der Waals surface area (Å²) in [6, 6.07) is 14.7. The van der Waals surface area contributed by atoms with Gasteiger partial charge in [0.2, 0.25) is 5.88 Å². The summed E-state index contributed by atoms with van der Waals surface area (Å²) in [6.07, 6.45) is 17.4. The fraction of sp³-hybridized carbons (Fsp3) is 0.353. The minimum atomic E-state index is 0.124. The molecule has 7 rings (SSSR count). The Balaban J connectivity index is 1.01. The summed E-state index contributed by atoms with van der Waals surface area (Å²) in [5.74, 6) is 2.24. The van der Waals surface area contributed by atoms with E-state index < -0.39 is 0 Å². The molecule has 1 aliphatic carbocycles. The minimum Gasteiger partial charge on any atom is -0.481 e. The number of hydrazine groups is 1. The lowest BCUT2D eigenvalue weighted by molar-refractivity contribution is 0.172. The molecule has 3 aliphatic heterocycles. The lowest BCUT2D eigenvalue weighted by Gasteiger charge is -2.34. The first-order chi connectivity index (χ1) is 20.7. The molecule has 1 saturated heterocycles. The fourth-order valence-electron chi connectivity index (χ4n) is 6.41. The Kier molecular flexibility index (Phi) is 7.64. The number of aromatic nitrogens is 2. The summed E-state index contributed by atoms with van der Waals surface area (Å²) in [6.45, 7) is 4.01. The third kappa shape index (κ3) is 5.52. The Morgan fingerprint density at radius 1 is 1.07 bits per heavy atom. The summed E-state index contributed by atoms with van der Waals surface area (Å²) in [4.78, 5) is 21.7. The molecule has 214 valence electrons. The number of piperidine rings is 1. The molecule has 8 heteroatoms. The smallest absolute Gasteiger partial charge is 0.222 e. The zero-order chi connectivity index (χ0) is 28.3. The lowest BCUT2D eigenvalue weighted by atomic mass is 9.88. The van der Waals surface area contributed by atoms with E-state index in [-0.39, 0.29) is 12.1 Å². The van der Waals surface area contributed by atoms with Gasteiger partial charge in [0.05, 0.1) is 23.7 Å². The molecular formula is C34H37N7O. The molecule has 2 aromatic heterocycles. The van der Waals surface area contributed by atoms with Crippen LogP contribution in [0.15, 0.2) is 94.6 Å². The quantitative estimate of drug-likeness (QED) is 0.413. The van der Waals surface area contributed by atoms with Gasteiger partial charge in [-0.1, -0.05) is 54.6 Å². The van der Waals surface area contributed by atoms with Crippen molar-refractivity contribution >= 4 is 22.5 Å². The van der Waals surface area contributed by atoms with Gasteiger partial charge >= 0.3 is 0 Å². The van der Waals surface area contributed by atoms with Gasteiger partial charge in [0.15, 0.2) is 5.84 Å². The van der Waals surface area contributed by atoms with Crippen molar-refractivity contribution in [2.24, 2.45) is 15.9 Å². The van der Waals surface area contributed by atoms with Crippen LogP contribution < -0.4 is 15.6 Å². The second kappa shape index (κ2) is 12.0. The first-order valence-electron chi connectivity index (χ1n) is 15.0. The van der Waals surface area contributed by atoms with Crippen molar-refractivity contribution < 1.29 is 4.74 Å². The molecule has 1 aromatic carbocycles. The van der Waals surface area contributed by atoms with Crippen molar-refractivity contribution in [3.63, 3.8) is 0 Å². The van der Waals surface area contributed by atoms with Crippen molar-refractivity contribution in [3.05, 3.63) is 90.3 Å². The van der Waals surface area contributed by atoms with E-state index in [1.54, 1.807) is 13.3 Å². The summed E-state index contributed by atoms with van der Waals surface area (Å²) >= 11 is 0. The van der Waals surface area contributed by atoms with E-state index in [0.717, 1.165) is 91.1 Å². The number of nitrogens with zero attached hydrogens (tertiary/aromatic N) is 5. The molecule has 8 nitrogen and oxygen atoms in total. The third-order valence-electron chi connectivity index (χ3n) is 8.73. The Hall–Kier alpha value is -4.14. The number of methoxy groups -OCH3 is 1. The van der Waals surface area contributed by atoms with Gasteiger partial charge in [-0.15, -0.1) is 0 Å². The molecule has 0 saturated carbocycles. The average Bonchev–Trinajstić information content (AvgIpc) is 3.56. The second-order valence-electron chi connectivity index (χ2n) is 11.4. The largest absolute Gasteiger partial charge is 0.481 e. The van der Waals surface area contributed by atoms with Gasteiger partial charge in [0, 0.05) is 30.8 Å². The number of hydrogen-bond donors (Lipinski definition) is 2. The van der Waals surface area contributed by atoms with Crippen LogP contribution in [0, 0.1) is 5.92 Å². The number of benzene rings is 1. The third-order valence-corrected chi connectivity index (χ3v) is 8.73. The normalized spacial score (nSPS) is 22.9. The van der Waals surface area contributed by atoms with Gasteiger partial charge in [0.25, 0.3) is 0 Å². The van der Waals surface area contributed by atoms with Crippen LogP contribution in [0.25, 0.3) is 22.0 Å². The van der Waals surface area contributed by atoms with Crippen molar-refractivity contribution in [2.75, 3.05) is 33.3 Å². The highest BCUT2D eigenvalue weighted by atomic mass is 16.5. The van der Waals surface area contributed by atoms with Crippen LogP contribution in [-0.4, -0.2) is 65.9 Å². The SMILES string of the molecule is COc1nccc2nc(C3C=CC(CN4CCC(C5N=C(C6=NCCC=C6)NN5)CC4)=CC3)c(-c3ccccc3)cc12. The zero-order valence-corrected chi connectivity index (χ0v) is 24.0. The summed E-state index contributed by atoms with van der Waals surface area (Å²) < 4.78 is 5.56. The first kappa shape index (κ1) is 26.7. The van der Waals surface area contributed by atoms with Crippen molar-refractivity contribution in [1.82, 2.24) is 25.7 Å². The van der Waals surface area contributed by atoms with Crippen molar-refractivity contribution in [3.8, 4) is 17.0 Å². The standard InChI is InChI=1S/C34H37N7O/c1-42-34-28-21-27(24-7-3-2-4-8-24)31(37-29(28)14-18-36-34)25-12-10-23(11-13-25)22-41-19-15-26(16-20-41)32-38-33(40-39-32)30-9-5-6-17-35-30/h2-5,7-12,14,18,21,25-26,32,39H,6,13,15-17,19-20,22H2,1H3,(H,38,40). The number of hydrogen-bond acceptors (Lipinski definition) is 8. The van der Waals surface area contributed by atoms with E-state index in [9.17, 15) is 0 Å². The predicted octanol–water partition coefficient (Wildman–Crippen LogP) is 5.22. The van der Waals surface area contributed by atoms with Crippen LogP contribution in [0.3, 0.4) is 0 Å². The molecule has 0 radical (unpaired) electrons. The maximum Gasteiger partial charge on any atom is 0.222 e. The molecular weight excluding hydrogens is 522 g/mol. The number of fused-ring (bicyclic) bond motifs is 1. The van der Waals surface area contributed by atoms with E-state index in [2.05, 4.69) is 86.4 Å². The average molecular weight is 560 g/mol. The van der Waals surface area contributed by atoms with Crippen LogP contribution in [0.4, 0.5) is 0 Å². The lowest BCUT2D eigenvalue weighted by Crippen LogP contribution is -2.44. The second-order valence-corrected chi connectivity index (χ2v) is 11.4. The van der Waals surface area contributed by atoms with Crippen molar-refractivity contribution in [1.29, 1.82) is 0 Å². The number of pyridine rings is 2. The van der Waals surface area contributed by atoms with Crippen LogP contribution in [0.2, 0.25) is 0 Å². The van der Waals surface area contributed by atoms with Crippen LogP contribution >= 0.6 is 0 Å². The van der Waals surface area contributed by atoms with E-state index in [4.69, 9.17) is 14.7 Å². The van der Waals surface area contributed by atoms with E-state index >= 15 is 0 Å². The molecule has 2 N–H and O–H groups in total. The monoisotopic (exact) mass is 559 g/mol. The van der Waals surface area contributed by atoms with Crippen LogP contribution in [-0.2, 0) is 0 Å². The van der Waals surface area contributed by atoms with Gasteiger partial charge < -0.3 is 10.2 Å². The van der Waals surface area contributed by atoms with Gasteiger partial charge in [-0.05, 0) is 74.0 Å². The molecule has 42 heavy (non-hydrogen) atoms. The van der Waals surface area contributed by atoms with Gasteiger partial charge in [-0.2, -0.15) is 0 Å². The summed E-state index contributed by atoms with van der Waals surface area (Å²) in [7, 11) is 1.66. The van der Waals surface area contributed by atoms with E-state index in [1.165, 1.54) is 5.57 Å².